The van der Waals surface area contributed by atoms with Crippen LogP contribution in [0.15, 0.2) is 48.5 Å². The molecule has 0 aromatic heterocycles. The summed E-state index contributed by atoms with van der Waals surface area (Å²) in [5.74, 6) is 1.53. The molecule has 0 bridgehead atoms. The molecule has 1 saturated carbocycles. The van der Waals surface area contributed by atoms with Gasteiger partial charge in [0.2, 0.25) is 0 Å². The predicted octanol–water partition coefficient (Wildman–Crippen LogP) is 5.66. The van der Waals surface area contributed by atoms with Crippen LogP contribution in [0.4, 0.5) is 4.39 Å². The van der Waals surface area contributed by atoms with Crippen LogP contribution in [0.2, 0.25) is 0 Å². The Labute approximate surface area is 138 Å². The Morgan fingerprint density at radius 2 is 1.61 bits per heavy atom. The van der Waals surface area contributed by atoms with Crippen LogP contribution in [-0.4, -0.2) is 5.11 Å². The minimum absolute atomic E-state index is 0.122. The summed E-state index contributed by atoms with van der Waals surface area (Å²) in [5.41, 5.74) is 1.64. The number of aromatic hydroxyl groups is 1. The van der Waals surface area contributed by atoms with E-state index in [4.69, 9.17) is 0 Å². The summed E-state index contributed by atoms with van der Waals surface area (Å²) in [5, 5.41) is 9.60. The number of hydrogen-bond donors (Lipinski definition) is 1. The molecule has 2 aromatic rings. The first-order valence-electron chi connectivity index (χ1n) is 8.57. The molecule has 1 nitrogen and oxygen atoms in total. The molecule has 0 saturated heterocycles. The van der Waals surface area contributed by atoms with Crippen molar-refractivity contribution in [3.63, 3.8) is 0 Å². The van der Waals surface area contributed by atoms with Crippen LogP contribution >= 0.6 is 0 Å². The van der Waals surface area contributed by atoms with Gasteiger partial charge in [-0.2, -0.15) is 0 Å². The van der Waals surface area contributed by atoms with Gasteiger partial charge in [0.05, 0.1) is 0 Å². The molecule has 23 heavy (non-hydrogen) atoms. The van der Waals surface area contributed by atoms with Gasteiger partial charge in [-0.15, -0.1) is 0 Å². The van der Waals surface area contributed by atoms with Crippen LogP contribution in [0, 0.1) is 17.7 Å². The van der Waals surface area contributed by atoms with Gasteiger partial charge in [-0.05, 0) is 66.8 Å². The van der Waals surface area contributed by atoms with Crippen molar-refractivity contribution in [2.24, 2.45) is 11.8 Å². The summed E-state index contributed by atoms with van der Waals surface area (Å²) in [6.45, 7) is 4.56. The van der Waals surface area contributed by atoms with Crippen LogP contribution in [0.3, 0.4) is 0 Å². The van der Waals surface area contributed by atoms with Crippen molar-refractivity contribution < 1.29 is 9.50 Å². The fourth-order valence-corrected chi connectivity index (χ4v) is 4.14. The Balaban J connectivity index is 2.04. The third-order valence-electron chi connectivity index (χ3n) is 5.64. The minimum Gasteiger partial charge on any atom is -0.508 e. The second-order valence-corrected chi connectivity index (χ2v) is 7.19. The Morgan fingerprint density at radius 3 is 2.17 bits per heavy atom. The summed E-state index contributed by atoms with van der Waals surface area (Å²) in [7, 11) is 0. The van der Waals surface area contributed by atoms with Crippen LogP contribution in [0.5, 0.6) is 5.75 Å². The van der Waals surface area contributed by atoms with Crippen molar-refractivity contribution in [1.29, 1.82) is 0 Å². The lowest BCUT2D eigenvalue weighted by molar-refractivity contribution is 0.214. The van der Waals surface area contributed by atoms with E-state index in [-0.39, 0.29) is 17.0 Å². The molecule has 0 unspecified atom stereocenters. The molecule has 0 radical (unpaired) electrons. The molecule has 0 heterocycles. The van der Waals surface area contributed by atoms with Gasteiger partial charge < -0.3 is 5.11 Å². The van der Waals surface area contributed by atoms with Gasteiger partial charge in [-0.1, -0.05) is 44.2 Å². The van der Waals surface area contributed by atoms with Crippen molar-refractivity contribution in [3.05, 3.63) is 65.5 Å². The Kier molecular flexibility index (Phi) is 4.43. The van der Waals surface area contributed by atoms with Crippen molar-refractivity contribution in [2.45, 2.75) is 44.9 Å². The highest BCUT2D eigenvalue weighted by atomic mass is 19.1. The molecule has 0 amide bonds. The Morgan fingerprint density at radius 1 is 1.00 bits per heavy atom. The van der Waals surface area contributed by atoms with E-state index in [9.17, 15) is 9.50 Å². The van der Waals surface area contributed by atoms with E-state index < -0.39 is 0 Å². The summed E-state index contributed by atoms with van der Waals surface area (Å²) >= 11 is 0. The minimum atomic E-state index is -0.273. The molecular formula is C21H25FO. The summed E-state index contributed by atoms with van der Waals surface area (Å²) in [6, 6.07) is 14.5. The third kappa shape index (κ3) is 2.99. The zero-order valence-electron chi connectivity index (χ0n) is 13.9. The monoisotopic (exact) mass is 312 g/mol. The highest BCUT2D eigenvalue weighted by molar-refractivity contribution is 5.42. The summed E-state index contributed by atoms with van der Waals surface area (Å²) in [4.78, 5) is 0. The van der Waals surface area contributed by atoms with Gasteiger partial charge >= 0.3 is 0 Å². The Hall–Kier alpha value is -1.83. The van der Waals surface area contributed by atoms with Crippen LogP contribution in [0.25, 0.3) is 0 Å². The largest absolute Gasteiger partial charge is 0.508 e. The highest BCUT2D eigenvalue weighted by Crippen LogP contribution is 2.48. The average molecular weight is 312 g/mol. The van der Waals surface area contributed by atoms with Crippen LogP contribution in [0.1, 0.15) is 50.7 Å². The number of halogens is 1. The lowest BCUT2D eigenvalue weighted by atomic mass is 9.61. The second kappa shape index (κ2) is 6.35. The average Bonchev–Trinajstić information content (AvgIpc) is 2.56. The molecule has 0 aliphatic heterocycles. The van der Waals surface area contributed by atoms with Crippen molar-refractivity contribution in [3.8, 4) is 5.75 Å². The first-order valence-corrected chi connectivity index (χ1v) is 8.57. The van der Waals surface area contributed by atoms with E-state index in [0.717, 1.165) is 36.8 Å². The molecular weight excluding hydrogens is 287 g/mol. The molecule has 1 N–H and O–H groups in total. The van der Waals surface area contributed by atoms with Gasteiger partial charge in [0.25, 0.3) is 0 Å². The normalized spacial score (nSPS) is 24.8. The molecule has 2 aromatic carbocycles. The van der Waals surface area contributed by atoms with Gasteiger partial charge in [0, 0.05) is 5.41 Å². The van der Waals surface area contributed by atoms with E-state index >= 15 is 0 Å². The zero-order valence-corrected chi connectivity index (χ0v) is 13.9. The fraction of sp³-hybridized carbons (Fsp3) is 0.429. The number of phenols is 1. The number of benzene rings is 2. The number of phenolic OH excluding ortho intramolecular Hbond substituents is 1. The maximum atomic E-state index is 14.6. The SMILES string of the molecule is CC(C)C1CCC(c2ccc(O)cc2)(c2ccccc2F)CC1. The topological polar surface area (TPSA) is 20.2 Å². The van der Waals surface area contributed by atoms with E-state index in [1.54, 1.807) is 24.3 Å². The van der Waals surface area contributed by atoms with Gasteiger partial charge in [-0.25, -0.2) is 4.39 Å². The lowest BCUT2D eigenvalue weighted by Crippen LogP contribution is -2.35. The molecule has 1 aliphatic carbocycles. The van der Waals surface area contributed by atoms with Gasteiger partial charge in [0.15, 0.2) is 0 Å². The smallest absolute Gasteiger partial charge is 0.127 e. The summed E-state index contributed by atoms with van der Waals surface area (Å²) < 4.78 is 14.6. The standard InChI is InChI=1S/C21H25FO/c1-15(2)16-11-13-21(14-12-16,17-7-9-18(23)10-8-17)19-5-3-4-6-20(19)22/h3-10,15-16,23H,11-14H2,1-2H3. The van der Waals surface area contributed by atoms with Gasteiger partial charge in [0.1, 0.15) is 11.6 Å². The third-order valence-corrected chi connectivity index (χ3v) is 5.64. The van der Waals surface area contributed by atoms with E-state index in [1.807, 2.05) is 24.3 Å². The van der Waals surface area contributed by atoms with Gasteiger partial charge in [-0.3, -0.25) is 0 Å². The first-order chi connectivity index (χ1) is 11.0. The second-order valence-electron chi connectivity index (χ2n) is 7.19. The number of rotatable bonds is 3. The quantitative estimate of drug-likeness (QED) is 0.775. The zero-order chi connectivity index (χ0) is 16.4. The molecule has 0 atom stereocenters. The van der Waals surface area contributed by atoms with E-state index in [1.165, 1.54) is 0 Å². The molecule has 1 fully saturated rings. The van der Waals surface area contributed by atoms with Crippen molar-refractivity contribution in [1.82, 2.24) is 0 Å². The van der Waals surface area contributed by atoms with Crippen molar-refractivity contribution >= 4 is 0 Å². The van der Waals surface area contributed by atoms with Crippen LogP contribution in [-0.2, 0) is 5.41 Å². The Bertz CT molecular complexity index is 652. The first kappa shape index (κ1) is 16.0. The lowest BCUT2D eigenvalue weighted by Gasteiger charge is -2.42. The van der Waals surface area contributed by atoms with Crippen LogP contribution < -0.4 is 0 Å². The fourth-order valence-electron chi connectivity index (χ4n) is 4.14. The molecule has 0 spiro atoms. The molecule has 1 aliphatic rings. The molecule has 2 heteroatoms. The maximum Gasteiger partial charge on any atom is 0.127 e. The van der Waals surface area contributed by atoms with Crippen molar-refractivity contribution in [2.75, 3.05) is 0 Å². The number of hydrogen-bond acceptors (Lipinski definition) is 1. The van der Waals surface area contributed by atoms with E-state index in [0.29, 0.717) is 11.8 Å². The highest BCUT2D eigenvalue weighted by Gasteiger charge is 2.40. The maximum absolute atomic E-state index is 14.6. The van der Waals surface area contributed by atoms with E-state index in [2.05, 4.69) is 13.8 Å². The summed E-state index contributed by atoms with van der Waals surface area (Å²) in [6.07, 6.45) is 4.16. The molecule has 3 rings (SSSR count). The molecule has 122 valence electrons. The predicted molar refractivity (Wildman–Crippen MR) is 92.1 cm³/mol.